The van der Waals surface area contributed by atoms with E-state index < -0.39 is 7.80 Å². The lowest BCUT2D eigenvalue weighted by Crippen LogP contribution is -1.94. The molecule has 1 aromatic rings. The number of carbonyl (C=O) groups excluding carboxylic acids is 1. The molecule has 0 fully saturated rings. The highest BCUT2D eigenvalue weighted by molar-refractivity contribution is 7.64. The quantitative estimate of drug-likeness (QED) is 0.546. The van der Waals surface area contributed by atoms with Gasteiger partial charge in [-0.15, -0.1) is 0 Å². The van der Waals surface area contributed by atoms with Crippen LogP contribution in [0.1, 0.15) is 36.5 Å². The lowest BCUT2D eigenvalue weighted by atomic mass is 10.2. The van der Waals surface area contributed by atoms with Crippen LogP contribution in [0, 0.1) is 0 Å². The summed E-state index contributed by atoms with van der Waals surface area (Å²) in [6, 6.07) is 8.91. The molecule has 0 aliphatic heterocycles. The Morgan fingerprint density at radius 1 is 1.20 bits per heavy atom. The minimum absolute atomic E-state index is 0.170. The van der Waals surface area contributed by atoms with Crippen molar-refractivity contribution in [1.82, 2.24) is 0 Å². The molecule has 1 rings (SSSR count). The Labute approximate surface area is 91.5 Å². The fraction of sp³-hybridized carbons (Fsp3) is 0.417. The molecule has 1 unspecified atom stereocenters. The summed E-state index contributed by atoms with van der Waals surface area (Å²) < 4.78 is 11.7. The van der Waals surface area contributed by atoms with Crippen molar-refractivity contribution in [2.75, 3.05) is 6.16 Å². The molecule has 0 saturated carbocycles. The van der Waals surface area contributed by atoms with E-state index in [4.69, 9.17) is 0 Å². The Balaban J connectivity index is 2.50. The van der Waals surface area contributed by atoms with E-state index in [2.05, 4.69) is 6.92 Å². The lowest BCUT2D eigenvalue weighted by Gasteiger charge is -2.00. The summed E-state index contributed by atoms with van der Waals surface area (Å²) >= 11 is 0. The van der Waals surface area contributed by atoms with Crippen LogP contribution in [-0.2, 0) is 4.57 Å². The maximum absolute atomic E-state index is 11.7. The summed E-state index contributed by atoms with van der Waals surface area (Å²) in [6.07, 6.45) is 3.60. The van der Waals surface area contributed by atoms with Crippen LogP contribution in [0.25, 0.3) is 0 Å². The molecule has 1 atom stereocenters. The van der Waals surface area contributed by atoms with Gasteiger partial charge < -0.3 is 4.57 Å². The zero-order chi connectivity index (χ0) is 11.1. The van der Waals surface area contributed by atoms with Crippen LogP contribution in [0.3, 0.4) is 0 Å². The van der Waals surface area contributed by atoms with Gasteiger partial charge in [0.25, 0.3) is 0 Å². The van der Waals surface area contributed by atoms with Crippen LogP contribution < -0.4 is 0 Å². The molecule has 0 bridgehead atoms. The van der Waals surface area contributed by atoms with Gasteiger partial charge in [0.2, 0.25) is 5.52 Å². The number of carbonyl (C=O) groups is 1. The second-order valence-electron chi connectivity index (χ2n) is 3.58. The van der Waals surface area contributed by atoms with Gasteiger partial charge in [-0.3, -0.25) is 4.79 Å². The fourth-order valence-electron chi connectivity index (χ4n) is 1.40. The molecule has 2 nitrogen and oxygen atoms in total. The predicted molar refractivity (Wildman–Crippen MR) is 64.2 cm³/mol. The molecule has 82 valence electrons. The van der Waals surface area contributed by atoms with Crippen LogP contribution in [0.5, 0.6) is 0 Å². The molecule has 0 amide bonds. The summed E-state index contributed by atoms with van der Waals surface area (Å²) in [5.74, 6) is 0. The summed E-state index contributed by atoms with van der Waals surface area (Å²) in [7, 11) is -2.08. The van der Waals surface area contributed by atoms with Gasteiger partial charge >= 0.3 is 0 Å². The average Bonchev–Trinajstić information content (AvgIpc) is 2.29. The van der Waals surface area contributed by atoms with Gasteiger partial charge in [-0.25, -0.2) is 0 Å². The molecule has 0 aliphatic rings. The Morgan fingerprint density at radius 3 is 2.47 bits per heavy atom. The molecule has 0 heterocycles. The molecule has 15 heavy (non-hydrogen) atoms. The Morgan fingerprint density at radius 2 is 1.87 bits per heavy atom. The van der Waals surface area contributed by atoms with E-state index in [0.717, 1.165) is 19.3 Å². The normalized spacial score (nSPS) is 12.3. The lowest BCUT2D eigenvalue weighted by molar-refractivity contribution is 0.107. The number of benzene rings is 1. The highest BCUT2D eigenvalue weighted by Gasteiger charge is 2.12. The van der Waals surface area contributed by atoms with E-state index >= 15 is 0 Å². The van der Waals surface area contributed by atoms with Crippen LogP contribution in [0.4, 0.5) is 0 Å². The molecule has 0 aliphatic carbocycles. The van der Waals surface area contributed by atoms with Gasteiger partial charge in [0.15, 0.2) is 0 Å². The van der Waals surface area contributed by atoms with Crippen molar-refractivity contribution in [3.8, 4) is 0 Å². The summed E-state index contributed by atoms with van der Waals surface area (Å²) in [4.78, 5) is 11.7. The van der Waals surface area contributed by atoms with Gasteiger partial charge in [-0.2, -0.15) is 0 Å². The Kier molecular flexibility index (Phi) is 5.34. The monoisotopic (exact) mass is 224 g/mol. The first-order valence-corrected chi connectivity index (χ1v) is 6.99. The maximum atomic E-state index is 11.7. The molecule has 3 heteroatoms. The van der Waals surface area contributed by atoms with Crippen LogP contribution in [-0.4, -0.2) is 11.7 Å². The molecule has 0 saturated heterocycles. The molecule has 0 radical (unpaired) electrons. The number of hydrogen-bond donors (Lipinski definition) is 0. The summed E-state index contributed by atoms with van der Waals surface area (Å²) in [5, 5.41) is 0. The van der Waals surface area contributed by atoms with E-state index in [-0.39, 0.29) is 5.52 Å². The third kappa shape index (κ3) is 4.01. The molecular formula is C12H17O2P. The first-order chi connectivity index (χ1) is 7.25. The molecule has 0 aromatic heterocycles. The van der Waals surface area contributed by atoms with E-state index in [1.165, 1.54) is 0 Å². The topological polar surface area (TPSA) is 34.1 Å². The number of rotatable bonds is 6. The van der Waals surface area contributed by atoms with Crippen molar-refractivity contribution < 1.29 is 9.36 Å². The van der Waals surface area contributed by atoms with Crippen LogP contribution >= 0.6 is 7.80 Å². The van der Waals surface area contributed by atoms with E-state index in [1.54, 1.807) is 24.3 Å². The Hall–Kier alpha value is -0.880. The predicted octanol–water partition coefficient (Wildman–Crippen LogP) is 3.58. The van der Waals surface area contributed by atoms with Crippen molar-refractivity contribution in [3.63, 3.8) is 0 Å². The number of hydrogen-bond acceptors (Lipinski definition) is 2. The minimum Gasteiger partial charge on any atom is -0.318 e. The number of unbranched alkanes of at least 4 members (excludes halogenated alkanes) is 2. The van der Waals surface area contributed by atoms with Crippen LogP contribution in [0.2, 0.25) is 0 Å². The van der Waals surface area contributed by atoms with Crippen molar-refractivity contribution in [3.05, 3.63) is 35.9 Å². The first kappa shape index (κ1) is 12.2. The molecule has 0 N–H and O–H groups in total. The zero-order valence-corrected chi connectivity index (χ0v) is 10.0. The second-order valence-corrected chi connectivity index (χ2v) is 5.38. The molecular weight excluding hydrogens is 207 g/mol. The van der Waals surface area contributed by atoms with E-state index in [1.807, 2.05) is 6.07 Å². The van der Waals surface area contributed by atoms with E-state index in [9.17, 15) is 9.36 Å². The zero-order valence-electron chi connectivity index (χ0n) is 9.03. The van der Waals surface area contributed by atoms with Gasteiger partial charge in [0.05, 0.1) is 0 Å². The third-order valence-electron chi connectivity index (χ3n) is 2.30. The molecule has 1 aromatic carbocycles. The highest BCUT2D eigenvalue weighted by Crippen LogP contribution is 2.28. The largest absolute Gasteiger partial charge is 0.318 e. The molecule has 0 spiro atoms. The van der Waals surface area contributed by atoms with Crippen molar-refractivity contribution >= 4 is 13.3 Å². The van der Waals surface area contributed by atoms with Gasteiger partial charge in [0, 0.05) is 11.7 Å². The van der Waals surface area contributed by atoms with Crippen LogP contribution in [0.15, 0.2) is 30.3 Å². The maximum Gasteiger partial charge on any atom is 0.218 e. The SMILES string of the molecule is CCCCC[PH](=O)C(=O)c1ccccc1. The van der Waals surface area contributed by atoms with Crippen molar-refractivity contribution in [1.29, 1.82) is 0 Å². The standard InChI is InChI=1S/C12H17O2P/c1-2-3-7-10-15(14)12(13)11-8-5-4-6-9-11/h4-6,8-9,15H,2-3,7,10H2,1H3. The van der Waals surface area contributed by atoms with Crippen molar-refractivity contribution in [2.45, 2.75) is 26.2 Å². The minimum atomic E-state index is -2.08. The van der Waals surface area contributed by atoms with Gasteiger partial charge in [-0.1, -0.05) is 50.1 Å². The van der Waals surface area contributed by atoms with Gasteiger partial charge in [0.1, 0.15) is 7.80 Å². The van der Waals surface area contributed by atoms with Gasteiger partial charge in [-0.05, 0) is 6.42 Å². The second kappa shape index (κ2) is 6.58. The Bertz CT molecular complexity index is 333. The first-order valence-electron chi connectivity index (χ1n) is 5.38. The summed E-state index contributed by atoms with van der Waals surface area (Å²) in [5.41, 5.74) is 0.412. The highest BCUT2D eigenvalue weighted by atomic mass is 31.1. The third-order valence-corrected chi connectivity index (χ3v) is 3.90. The van der Waals surface area contributed by atoms with E-state index in [0.29, 0.717) is 11.7 Å². The smallest absolute Gasteiger partial charge is 0.218 e. The fourth-order valence-corrected chi connectivity index (χ4v) is 2.69. The average molecular weight is 224 g/mol. The summed E-state index contributed by atoms with van der Waals surface area (Å²) in [6.45, 7) is 2.09. The van der Waals surface area contributed by atoms with Crippen molar-refractivity contribution in [2.24, 2.45) is 0 Å².